The van der Waals surface area contributed by atoms with Crippen molar-refractivity contribution in [2.45, 2.75) is 0 Å². The van der Waals surface area contributed by atoms with Crippen LogP contribution in [0.3, 0.4) is 0 Å². The lowest BCUT2D eigenvalue weighted by Gasteiger charge is -2.14. The van der Waals surface area contributed by atoms with Crippen LogP contribution >= 0.6 is 0 Å². The first-order valence-electron chi connectivity index (χ1n) is 7.50. The molecule has 0 saturated carbocycles. The van der Waals surface area contributed by atoms with Crippen LogP contribution in [0.2, 0.25) is 0 Å². The van der Waals surface area contributed by atoms with Crippen LogP contribution in [0.1, 0.15) is 5.76 Å². The van der Waals surface area contributed by atoms with Crippen LogP contribution in [0.15, 0.2) is 46.9 Å². The number of amides is 2. The molecule has 0 atom stereocenters. The molecule has 0 bridgehead atoms. The van der Waals surface area contributed by atoms with Crippen LogP contribution in [-0.4, -0.2) is 42.3 Å². The number of carbonyl (C=O) groups is 2. The lowest BCUT2D eigenvalue weighted by atomic mass is 10.3. The average molecular weight is 359 g/mol. The summed E-state index contributed by atoms with van der Waals surface area (Å²) in [6, 6.07) is 9.34. The molecule has 1 aromatic carbocycles. The molecule has 0 radical (unpaired) electrons. The summed E-state index contributed by atoms with van der Waals surface area (Å²) in [6.07, 6.45) is 2.47. The van der Waals surface area contributed by atoms with E-state index < -0.39 is 16.7 Å². The summed E-state index contributed by atoms with van der Waals surface area (Å²) in [4.78, 5) is 35.0. The molecule has 0 unspecified atom stereocenters. The molecule has 136 valence electrons. The van der Waals surface area contributed by atoms with Crippen LogP contribution in [0, 0.1) is 10.1 Å². The molecule has 9 heteroatoms. The molecular weight excluding hydrogens is 342 g/mol. The first kappa shape index (κ1) is 18.7. The van der Waals surface area contributed by atoms with Gasteiger partial charge in [-0.3, -0.25) is 19.7 Å². The predicted molar refractivity (Wildman–Crippen MR) is 93.7 cm³/mol. The molecule has 2 amide bonds. The Balaban J connectivity index is 1.87. The number of methoxy groups -OCH3 is 1. The lowest BCUT2D eigenvalue weighted by molar-refractivity contribution is -0.402. The van der Waals surface area contributed by atoms with Crippen molar-refractivity contribution in [2.24, 2.45) is 0 Å². The highest BCUT2D eigenvalue weighted by Gasteiger charge is 2.13. The molecule has 9 nitrogen and oxygen atoms in total. The molecule has 0 aliphatic rings. The maximum atomic E-state index is 12.0. The Morgan fingerprint density at radius 2 is 1.96 bits per heavy atom. The second-order valence-electron chi connectivity index (χ2n) is 5.24. The predicted octanol–water partition coefficient (Wildman–Crippen LogP) is 2.31. The number of carbonyl (C=O) groups excluding carboxylic acids is 2. The van der Waals surface area contributed by atoms with Gasteiger partial charge in [-0.15, -0.1) is 0 Å². The third-order valence-corrected chi connectivity index (χ3v) is 3.31. The van der Waals surface area contributed by atoms with Crippen molar-refractivity contribution in [1.82, 2.24) is 4.90 Å². The van der Waals surface area contributed by atoms with E-state index in [9.17, 15) is 19.7 Å². The summed E-state index contributed by atoms with van der Waals surface area (Å²) in [7, 11) is 3.01. The van der Waals surface area contributed by atoms with Gasteiger partial charge in [-0.2, -0.15) is 0 Å². The number of anilines is 1. The van der Waals surface area contributed by atoms with Gasteiger partial charge in [0, 0.05) is 18.8 Å². The number of nitrogens with one attached hydrogen (secondary N) is 1. The Kier molecular flexibility index (Phi) is 6.10. The third kappa shape index (κ3) is 5.20. The van der Waals surface area contributed by atoms with Gasteiger partial charge in [-0.25, -0.2) is 0 Å². The van der Waals surface area contributed by atoms with Crippen molar-refractivity contribution < 1.29 is 23.7 Å². The minimum Gasteiger partial charge on any atom is -0.497 e. The van der Waals surface area contributed by atoms with Gasteiger partial charge in [-0.05, 0) is 36.4 Å². The molecule has 2 aromatic rings. The highest BCUT2D eigenvalue weighted by molar-refractivity contribution is 5.97. The quantitative estimate of drug-likeness (QED) is 0.461. The zero-order valence-corrected chi connectivity index (χ0v) is 14.2. The van der Waals surface area contributed by atoms with Gasteiger partial charge in [0.25, 0.3) is 0 Å². The third-order valence-electron chi connectivity index (χ3n) is 3.31. The Morgan fingerprint density at radius 3 is 2.54 bits per heavy atom. The van der Waals surface area contributed by atoms with Crippen LogP contribution in [-0.2, 0) is 9.59 Å². The Morgan fingerprint density at radius 1 is 1.27 bits per heavy atom. The molecule has 2 rings (SSSR count). The van der Waals surface area contributed by atoms with Crippen LogP contribution < -0.4 is 10.1 Å². The van der Waals surface area contributed by atoms with E-state index in [4.69, 9.17) is 9.15 Å². The highest BCUT2D eigenvalue weighted by atomic mass is 16.6. The Labute approximate surface area is 149 Å². The molecule has 1 N–H and O–H groups in total. The Hall–Kier alpha value is -3.62. The largest absolute Gasteiger partial charge is 0.497 e. The zero-order chi connectivity index (χ0) is 19.1. The fraction of sp³-hybridized carbons (Fsp3) is 0.176. The summed E-state index contributed by atoms with van der Waals surface area (Å²) in [5, 5.41) is 13.2. The standard InChI is InChI=1S/C17H17N3O6/c1-19(11-15(21)18-12-3-5-13(25-2)6-4-12)16(22)9-7-14-8-10-17(26-14)20(23)24/h3-10H,11H2,1-2H3,(H,18,21)/b9-7+. The lowest BCUT2D eigenvalue weighted by Crippen LogP contribution is -2.33. The zero-order valence-electron chi connectivity index (χ0n) is 14.2. The van der Waals surface area contributed by atoms with Gasteiger partial charge in [0.15, 0.2) is 0 Å². The van der Waals surface area contributed by atoms with E-state index in [0.717, 1.165) is 0 Å². The van der Waals surface area contributed by atoms with Gasteiger partial charge in [0.05, 0.1) is 19.7 Å². The highest BCUT2D eigenvalue weighted by Crippen LogP contribution is 2.17. The number of nitrogens with zero attached hydrogens (tertiary/aromatic N) is 2. The smallest absolute Gasteiger partial charge is 0.433 e. The summed E-state index contributed by atoms with van der Waals surface area (Å²) in [5.74, 6) is -0.397. The molecule has 26 heavy (non-hydrogen) atoms. The van der Waals surface area contributed by atoms with Crippen molar-refractivity contribution in [3.63, 3.8) is 0 Å². The normalized spacial score (nSPS) is 10.5. The van der Waals surface area contributed by atoms with E-state index in [1.54, 1.807) is 31.4 Å². The summed E-state index contributed by atoms with van der Waals surface area (Å²) >= 11 is 0. The molecule has 0 saturated heterocycles. The number of rotatable bonds is 7. The van der Waals surface area contributed by atoms with Crippen LogP contribution in [0.5, 0.6) is 5.75 Å². The molecule has 1 heterocycles. The number of nitro groups is 1. The van der Waals surface area contributed by atoms with E-state index in [0.29, 0.717) is 11.4 Å². The van der Waals surface area contributed by atoms with Gasteiger partial charge in [-0.1, -0.05) is 0 Å². The molecule has 0 fully saturated rings. The number of ether oxygens (including phenoxy) is 1. The number of likely N-dealkylation sites (N-methyl/N-ethyl adjacent to an activating group) is 1. The maximum Gasteiger partial charge on any atom is 0.433 e. The Bertz CT molecular complexity index is 825. The van der Waals surface area contributed by atoms with E-state index in [-0.39, 0.29) is 18.2 Å². The topological polar surface area (TPSA) is 115 Å². The monoisotopic (exact) mass is 359 g/mol. The number of benzene rings is 1. The molecule has 0 spiro atoms. The number of furan rings is 1. The van der Waals surface area contributed by atoms with E-state index >= 15 is 0 Å². The van der Waals surface area contributed by atoms with E-state index in [1.807, 2.05) is 0 Å². The van der Waals surface area contributed by atoms with Crippen molar-refractivity contribution in [3.05, 3.63) is 58.3 Å². The summed E-state index contributed by atoms with van der Waals surface area (Å²) < 4.78 is 9.94. The van der Waals surface area contributed by atoms with Gasteiger partial charge >= 0.3 is 5.88 Å². The van der Waals surface area contributed by atoms with Crippen LogP contribution in [0.4, 0.5) is 11.6 Å². The molecule has 0 aliphatic heterocycles. The van der Waals surface area contributed by atoms with E-state index in [1.165, 1.54) is 36.2 Å². The molecular formula is C17H17N3O6. The van der Waals surface area contributed by atoms with Gasteiger partial charge in [0.1, 0.15) is 16.4 Å². The van der Waals surface area contributed by atoms with Gasteiger partial charge < -0.3 is 19.4 Å². The average Bonchev–Trinajstić information content (AvgIpc) is 3.09. The second-order valence-corrected chi connectivity index (χ2v) is 5.24. The van der Waals surface area contributed by atoms with Crippen molar-refractivity contribution in [3.8, 4) is 5.75 Å². The summed E-state index contributed by atoms with van der Waals surface area (Å²) in [6.45, 7) is -0.159. The molecule has 1 aromatic heterocycles. The van der Waals surface area contributed by atoms with Crippen LogP contribution in [0.25, 0.3) is 6.08 Å². The minimum absolute atomic E-state index is 0.159. The van der Waals surface area contributed by atoms with Crippen molar-refractivity contribution in [2.75, 3.05) is 26.0 Å². The first-order chi connectivity index (χ1) is 12.4. The maximum absolute atomic E-state index is 12.0. The first-order valence-corrected chi connectivity index (χ1v) is 7.50. The minimum atomic E-state index is -0.672. The van der Waals surface area contributed by atoms with E-state index in [2.05, 4.69) is 5.32 Å². The number of hydrogen-bond donors (Lipinski definition) is 1. The number of hydrogen-bond acceptors (Lipinski definition) is 6. The van der Waals surface area contributed by atoms with Gasteiger partial charge in [0.2, 0.25) is 11.8 Å². The fourth-order valence-electron chi connectivity index (χ4n) is 1.98. The second kappa shape index (κ2) is 8.47. The fourth-order valence-corrected chi connectivity index (χ4v) is 1.98. The molecule has 0 aliphatic carbocycles. The SMILES string of the molecule is COc1ccc(NC(=O)CN(C)C(=O)/C=C/c2ccc([N+](=O)[O-])o2)cc1. The van der Waals surface area contributed by atoms with Crippen molar-refractivity contribution >= 4 is 29.5 Å². The van der Waals surface area contributed by atoms with Crippen molar-refractivity contribution in [1.29, 1.82) is 0 Å². The summed E-state index contributed by atoms with van der Waals surface area (Å²) in [5.41, 5.74) is 0.579.